The van der Waals surface area contributed by atoms with E-state index in [1.54, 1.807) is 0 Å². The van der Waals surface area contributed by atoms with E-state index in [9.17, 15) is 15.0 Å². The van der Waals surface area contributed by atoms with Gasteiger partial charge in [0.15, 0.2) is 0 Å². The molecule has 4 aliphatic carbocycles. The third kappa shape index (κ3) is 9.61. The first-order valence-electron chi connectivity index (χ1n) is 21.0. The molecule has 6 rings (SSSR count). The SMILES string of the molecule is CN(C)CC(c1ccc(OC(=O)Oc2ccc(C(CN(C)C)C3(O)CCCCC3)cc2C2CCCCC2)c(C2CCCCC2)c1)C1(O)CCCCC1. The minimum Gasteiger partial charge on any atom is -0.394 e. The molecule has 2 unspecified atom stereocenters. The van der Waals surface area contributed by atoms with Crippen LogP contribution in [0.25, 0.3) is 0 Å². The number of rotatable bonds is 12. The van der Waals surface area contributed by atoms with E-state index in [0.717, 1.165) is 112 Å². The van der Waals surface area contributed by atoms with Crippen LogP contribution in [0, 0.1) is 0 Å². The monoisotopic (exact) mass is 717 g/mol. The van der Waals surface area contributed by atoms with Crippen molar-refractivity contribution in [3.63, 3.8) is 0 Å². The fraction of sp³-hybridized carbons (Fsp3) is 0.711. The summed E-state index contributed by atoms with van der Waals surface area (Å²) in [4.78, 5) is 18.2. The van der Waals surface area contributed by atoms with Gasteiger partial charge in [-0.2, -0.15) is 0 Å². The Hall–Kier alpha value is -2.45. The molecule has 2 aromatic rings. The van der Waals surface area contributed by atoms with E-state index in [1.807, 2.05) is 12.1 Å². The van der Waals surface area contributed by atoms with Crippen LogP contribution in [0.2, 0.25) is 0 Å². The smallest absolute Gasteiger partial charge is 0.394 e. The molecule has 2 atom stereocenters. The van der Waals surface area contributed by atoms with Crippen molar-refractivity contribution in [1.82, 2.24) is 9.80 Å². The molecule has 4 aliphatic rings. The number of likely N-dealkylation sites (N-methyl/N-ethyl adjacent to an activating group) is 2. The summed E-state index contributed by atoms with van der Waals surface area (Å²) in [6.45, 7) is 1.55. The molecule has 2 aromatic carbocycles. The number of nitrogens with zero attached hydrogens (tertiary/aromatic N) is 2. The highest BCUT2D eigenvalue weighted by Gasteiger charge is 2.41. The molecule has 0 spiro atoms. The first-order valence-corrected chi connectivity index (χ1v) is 21.0. The molecule has 0 aromatic heterocycles. The third-order valence-electron chi connectivity index (χ3n) is 13.2. The van der Waals surface area contributed by atoms with Crippen molar-refractivity contribution in [2.75, 3.05) is 41.3 Å². The van der Waals surface area contributed by atoms with Crippen LogP contribution in [-0.4, -0.2) is 78.7 Å². The first kappa shape index (κ1) is 39.2. The van der Waals surface area contributed by atoms with E-state index in [2.05, 4.69) is 62.3 Å². The Morgan fingerprint density at radius 3 is 1.29 bits per heavy atom. The lowest BCUT2D eigenvalue weighted by Gasteiger charge is -2.41. The van der Waals surface area contributed by atoms with Gasteiger partial charge in [-0.25, -0.2) is 4.79 Å². The maximum atomic E-state index is 13.8. The minimum atomic E-state index is -0.729. The number of hydrogen-bond acceptors (Lipinski definition) is 7. The lowest BCUT2D eigenvalue weighted by atomic mass is 9.71. The van der Waals surface area contributed by atoms with Crippen LogP contribution in [0.4, 0.5) is 4.79 Å². The molecule has 0 amide bonds. The van der Waals surface area contributed by atoms with Crippen molar-refractivity contribution in [3.05, 3.63) is 58.7 Å². The van der Waals surface area contributed by atoms with Gasteiger partial charge < -0.3 is 29.5 Å². The second-order valence-corrected chi connectivity index (χ2v) is 17.7. The lowest BCUT2D eigenvalue weighted by molar-refractivity contribution is -0.0281. The van der Waals surface area contributed by atoms with Gasteiger partial charge >= 0.3 is 6.16 Å². The number of carbonyl (C=O) groups excluding carboxylic acids is 1. The Morgan fingerprint density at radius 1 is 0.596 bits per heavy atom. The van der Waals surface area contributed by atoms with Gasteiger partial charge in [-0.3, -0.25) is 0 Å². The topological polar surface area (TPSA) is 82.5 Å². The number of ether oxygens (including phenoxy) is 2. The summed E-state index contributed by atoms with van der Waals surface area (Å²) >= 11 is 0. The van der Waals surface area contributed by atoms with Gasteiger partial charge in [0.2, 0.25) is 0 Å². The average Bonchev–Trinajstić information content (AvgIpc) is 3.14. The molecule has 2 N–H and O–H groups in total. The Kier molecular flexibility index (Phi) is 13.4. The van der Waals surface area contributed by atoms with E-state index >= 15 is 0 Å². The molecule has 4 saturated carbocycles. The van der Waals surface area contributed by atoms with Crippen LogP contribution in [0.1, 0.15) is 174 Å². The van der Waals surface area contributed by atoms with Gasteiger partial charge in [-0.05, 0) is 126 Å². The quantitative estimate of drug-likeness (QED) is 0.167. The zero-order chi connectivity index (χ0) is 36.7. The number of aliphatic hydroxyl groups is 2. The third-order valence-corrected chi connectivity index (χ3v) is 13.2. The molecule has 7 heteroatoms. The van der Waals surface area contributed by atoms with Crippen molar-refractivity contribution < 1.29 is 24.5 Å². The lowest BCUT2D eigenvalue weighted by Crippen LogP contribution is -2.43. The molecule has 0 aliphatic heterocycles. The zero-order valence-corrected chi connectivity index (χ0v) is 32.8. The number of benzene rings is 2. The van der Waals surface area contributed by atoms with E-state index in [-0.39, 0.29) is 11.8 Å². The summed E-state index contributed by atoms with van der Waals surface area (Å²) < 4.78 is 12.4. The molecule has 0 heterocycles. The zero-order valence-electron chi connectivity index (χ0n) is 32.8. The summed E-state index contributed by atoms with van der Waals surface area (Å²) in [7, 11) is 8.35. The summed E-state index contributed by atoms with van der Waals surface area (Å²) in [5, 5.41) is 24.0. The van der Waals surface area contributed by atoms with Crippen LogP contribution in [0.5, 0.6) is 11.5 Å². The second-order valence-electron chi connectivity index (χ2n) is 17.7. The fourth-order valence-corrected chi connectivity index (χ4v) is 10.3. The highest BCUT2D eigenvalue weighted by atomic mass is 16.7. The summed E-state index contributed by atoms with van der Waals surface area (Å²) in [6, 6.07) is 12.6. The largest absolute Gasteiger partial charge is 0.519 e. The summed E-state index contributed by atoms with van der Waals surface area (Å²) in [6.07, 6.45) is 20.7. The van der Waals surface area contributed by atoms with Gasteiger partial charge in [0.1, 0.15) is 11.5 Å². The molecule has 0 bridgehead atoms. The molecule has 52 heavy (non-hydrogen) atoms. The maximum absolute atomic E-state index is 13.8. The normalized spacial score (nSPS) is 22.6. The van der Waals surface area contributed by atoms with Crippen LogP contribution in [0.3, 0.4) is 0 Å². The Labute approximate surface area is 314 Å². The minimum absolute atomic E-state index is 0.00861. The Balaban J connectivity index is 1.29. The molecule has 4 fully saturated rings. The van der Waals surface area contributed by atoms with Crippen molar-refractivity contribution in [1.29, 1.82) is 0 Å². The first-order chi connectivity index (χ1) is 25.0. The molecule has 0 saturated heterocycles. The van der Waals surface area contributed by atoms with E-state index in [0.29, 0.717) is 23.3 Å². The van der Waals surface area contributed by atoms with Gasteiger partial charge in [0.25, 0.3) is 0 Å². The van der Waals surface area contributed by atoms with Gasteiger partial charge in [-0.15, -0.1) is 0 Å². The standard InChI is InChI=1S/C45H68N2O5/c1-46(2)31-39(44(49)25-13-7-14-26-44)35-21-23-41(37(29-35)33-17-9-5-10-18-33)51-43(48)52-42-24-22-36(30-38(42)34-19-11-6-12-20-34)40(32-47(3)4)45(50)27-15-8-16-28-45/h21-24,29-30,33-34,39-40,49-50H,5-20,25-28,31-32H2,1-4H3. The Bertz CT molecular complexity index is 1340. The number of hydrogen-bond donors (Lipinski definition) is 2. The summed E-state index contributed by atoms with van der Waals surface area (Å²) in [5.41, 5.74) is 2.98. The van der Waals surface area contributed by atoms with E-state index < -0.39 is 17.4 Å². The van der Waals surface area contributed by atoms with Crippen molar-refractivity contribution in [2.24, 2.45) is 0 Å². The van der Waals surface area contributed by atoms with Crippen molar-refractivity contribution in [3.8, 4) is 11.5 Å². The maximum Gasteiger partial charge on any atom is 0.519 e. The van der Waals surface area contributed by atoms with Crippen molar-refractivity contribution in [2.45, 2.75) is 163 Å². The highest BCUT2D eigenvalue weighted by molar-refractivity contribution is 5.69. The predicted molar refractivity (Wildman–Crippen MR) is 210 cm³/mol. The molecular weight excluding hydrogens is 649 g/mol. The highest BCUT2D eigenvalue weighted by Crippen LogP contribution is 2.46. The van der Waals surface area contributed by atoms with E-state index in [4.69, 9.17) is 9.47 Å². The van der Waals surface area contributed by atoms with Crippen LogP contribution in [-0.2, 0) is 0 Å². The second kappa shape index (κ2) is 17.8. The molecule has 7 nitrogen and oxygen atoms in total. The predicted octanol–water partition coefficient (Wildman–Crippen LogP) is 10.0. The van der Waals surface area contributed by atoms with Crippen LogP contribution < -0.4 is 9.47 Å². The van der Waals surface area contributed by atoms with Crippen LogP contribution >= 0.6 is 0 Å². The van der Waals surface area contributed by atoms with Crippen LogP contribution in [0.15, 0.2) is 36.4 Å². The molecule has 288 valence electrons. The number of carbonyl (C=O) groups is 1. The van der Waals surface area contributed by atoms with Gasteiger partial charge in [0.05, 0.1) is 11.2 Å². The fourth-order valence-electron chi connectivity index (χ4n) is 10.3. The Morgan fingerprint density at radius 2 is 0.942 bits per heavy atom. The average molecular weight is 717 g/mol. The van der Waals surface area contributed by atoms with Gasteiger partial charge in [-0.1, -0.05) is 101 Å². The van der Waals surface area contributed by atoms with Crippen molar-refractivity contribution >= 4 is 6.16 Å². The van der Waals surface area contributed by atoms with Gasteiger partial charge in [0, 0.05) is 24.9 Å². The molecular formula is C45H68N2O5. The summed E-state index contributed by atoms with van der Waals surface area (Å²) in [5.74, 6) is 1.78. The molecule has 0 radical (unpaired) electrons. The van der Waals surface area contributed by atoms with E-state index in [1.165, 1.54) is 51.4 Å².